The summed E-state index contributed by atoms with van der Waals surface area (Å²) in [6, 6.07) is 7.58. The molecule has 0 spiro atoms. The molecular formula is C14H15ClN2O2. The molecule has 1 N–H and O–H groups in total. The third-order valence-electron chi connectivity index (χ3n) is 2.84. The van der Waals surface area contributed by atoms with Crippen LogP contribution in [0.1, 0.15) is 18.9 Å². The van der Waals surface area contributed by atoms with Crippen LogP contribution in [0.2, 0.25) is 5.02 Å². The van der Waals surface area contributed by atoms with Gasteiger partial charge in [-0.15, -0.1) is 0 Å². The number of carboxylic acid groups (broad SMARTS) is 1. The maximum atomic E-state index is 10.5. The quantitative estimate of drug-likeness (QED) is 0.840. The van der Waals surface area contributed by atoms with Crippen LogP contribution in [0.5, 0.6) is 0 Å². The second kappa shape index (κ2) is 6.81. The van der Waals surface area contributed by atoms with Gasteiger partial charge in [0.25, 0.3) is 0 Å². The van der Waals surface area contributed by atoms with Crippen LogP contribution in [0, 0.1) is 11.3 Å². The van der Waals surface area contributed by atoms with Crippen LogP contribution in [-0.4, -0.2) is 24.2 Å². The molecule has 1 atom stereocenters. The second-order valence-electron chi connectivity index (χ2n) is 4.20. The molecule has 0 saturated carbocycles. The molecule has 1 aromatic carbocycles. The third-order valence-corrected chi connectivity index (χ3v) is 3.17. The van der Waals surface area contributed by atoms with Crippen LogP contribution >= 0.6 is 11.6 Å². The average molecular weight is 279 g/mol. The van der Waals surface area contributed by atoms with Crippen molar-refractivity contribution in [2.24, 2.45) is 0 Å². The van der Waals surface area contributed by atoms with Gasteiger partial charge in [-0.1, -0.05) is 17.7 Å². The highest BCUT2D eigenvalue weighted by Crippen LogP contribution is 2.25. The maximum absolute atomic E-state index is 10.5. The summed E-state index contributed by atoms with van der Waals surface area (Å²) in [5.74, 6) is -1.01. The molecule has 0 fully saturated rings. The van der Waals surface area contributed by atoms with Gasteiger partial charge in [0.1, 0.15) is 0 Å². The first-order valence-electron chi connectivity index (χ1n) is 5.76. The van der Waals surface area contributed by atoms with E-state index in [9.17, 15) is 4.79 Å². The summed E-state index contributed by atoms with van der Waals surface area (Å²) in [6.07, 6.45) is 2.92. The zero-order valence-corrected chi connectivity index (χ0v) is 11.6. The van der Waals surface area contributed by atoms with E-state index in [1.807, 2.05) is 24.9 Å². The Hall–Kier alpha value is -1.99. The maximum Gasteiger partial charge on any atom is 0.328 e. The third kappa shape index (κ3) is 4.31. The van der Waals surface area contributed by atoms with Crippen LogP contribution in [0.4, 0.5) is 5.69 Å². The minimum Gasteiger partial charge on any atom is -0.478 e. The molecule has 4 nitrogen and oxygen atoms in total. The first-order chi connectivity index (χ1) is 8.95. The predicted molar refractivity (Wildman–Crippen MR) is 76.2 cm³/mol. The molecule has 1 unspecified atom stereocenters. The number of aliphatic carboxylic acids is 1. The van der Waals surface area contributed by atoms with E-state index in [2.05, 4.69) is 6.07 Å². The zero-order chi connectivity index (χ0) is 14.4. The lowest BCUT2D eigenvalue weighted by Gasteiger charge is -2.25. The lowest BCUT2D eigenvalue weighted by molar-refractivity contribution is -0.131. The van der Waals surface area contributed by atoms with Crippen molar-refractivity contribution < 1.29 is 9.90 Å². The van der Waals surface area contributed by atoms with E-state index in [0.717, 1.165) is 11.8 Å². The van der Waals surface area contributed by atoms with Crippen molar-refractivity contribution in [3.05, 3.63) is 34.9 Å². The van der Waals surface area contributed by atoms with E-state index in [-0.39, 0.29) is 6.04 Å². The van der Waals surface area contributed by atoms with Crippen molar-refractivity contribution in [1.29, 1.82) is 5.26 Å². The molecule has 100 valence electrons. The van der Waals surface area contributed by atoms with Crippen LogP contribution < -0.4 is 4.90 Å². The Morgan fingerprint density at radius 2 is 2.32 bits per heavy atom. The Morgan fingerprint density at radius 3 is 2.84 bits per heavy atom. The van der Waals surface area contributed by atoms with E-state index in [4.69, 9.17) is 22.0 Å². The minimum atomic E-state index is -1.01. The van der Waals surface area contributed by atoms with Gasteiger partial charge in [-0.05, 0) is 30.7 Å². The van der Waals surface area contributed by atoms with Gasteiger partial charge < -0.3 is 10.0 Å². The molecular weight excluding hydrogens is 264 g/mol. The van der Waals surface area contributed by atoms with Gasteiger partial charge >= 0.3 is 5.97 Å². The Balaban J connectivity index is 2.94. The number of hydrogen-bond donors (Lipinski definition) is 1. The topological polar surface area (TPSA) is 64.3 Å². The number of nitriles is 1. The number of rotatable bonds is 5. The van der Waals surface area contributed by atoms with Crippen LogP contribution in [0.25, 0.3) is 6.08 Å². The average Bonchev–Trinajstić information content (AvgIpc) is 2.36. The summed E-state index contributed by atoms with van der Waals surface area (Å²) in [5, 5.41) is 17.7. The molecule has 0 aliphatic carbocycles. The molecule has 0 saturated heterocycles. The summed E-state index contributed by atoms with van der Waals surface area (Å²) < 4.78 is 0. The molecule has 0 bridgehead atoms. The van der Waals surface area contributed by atoms with Gasteiger partial charge in [-0.3, -0.25) is 0 Å². The van der Waals surface area contributed by atoms with Crippen LogP contribution in [-0.2, 0) is 4.79 Å². The number of hydrogen-bond acceptors (Lipinski definition) is 3. The molecule has 0 aliphatic rings. The van der Waals surface area contributed by atoms with Gasteiger partial charge in [0.15, 0.2) is 0 Å². The number of nitrogens with zero attached hydrogens (tertiary/aromatic N) is 2. The highest BCUT2D eigenvalue weighted by molar-refractivity contribution is 6.32. The lowest BCUT2D eigenvalue weighted by Crippen LogP contribution is -2.28. The normalized spacial score (nSPS) is 12.1. The van der Waals surface area contributed by atoms with Crippen molar-refractivity contribution >= 4 is 29.3 Å². The zero-order valence-electron chi connectivity index (χ0n) is 10.8. The fourth-order valence-electron chi connectivity index (χ4n) is 1.56. The van der Waals surface area contributed by atoms with E-state index in [1.165, 1.54) is 6.08 Å². The molecule has 0 heterocycles. The van der Waals surface area contributed by atoms with E-state index in [0.29, 0.717) is 17.0 Å². The summed E-state index contributed by atoms with van der Waals surface area (Å²) in [6.45, 7) is 1.95. The predicted octanol–water partition coefficient (Wildman–Crippen LogP) is 3.18. The summed E-state index contributed by atoms with van der Waals surface area (Å²) in [7, 11) is 1.89. The molecule has 19 heavy (non-hydrogen) atoms. The van der Waals surface area contributed by atoms with E-state index < -0.39 is 5.97 Å². The van der Waals surface area contributed by atoms with Crippen LogP contribution in [0.3, 0.4) is 0 Å². The summed E-state index contributed by atoms with van der Waals surface area (Å²) >= 11 is 6.10. The van der Waals surface area contributed by atoms with E-state index in [1.54, 1.807) is 12.1 Å². The Labute approximate surface area is 117 Å². The van der Waals surface area contributed by atoms with Crippen LogP contribution in [0.15, 0.2) is 24.3 Å². The number of carboxylic acids is 1. The van der Waals surface area contributed by atoms with Crippen molar-refractivity contribution in [2.45, 2.75) is 19.4 Å². The number of carbonyl (C=O) groups is 1. The lowest BCUT2D eigenvalue weighted by atomic mass is 10.1. The monoisotopic (exact) mass is 278 g/mol. The molecule has 0 amide bonds. The van der Waals surface area contributed by atoms with Crippen molar-refractivity contribution in [2.75, 3.05) is 11.9 Å². The highest BCUT2D eigenvalue weighted by Gasteiger charge is 2.10. The fraction of sp³-hybridized carbons (Fsp3) is 0.286. The second-order valence-corrected chi connectivity index (χ2v) is 4.61. The van der Waals surface area contributed by atoms with Gasteiger partial charge in [-0.25, -0.2) is 4.79 Å². The molecule has 0 aromatic heterocycles. The summed E-state index contributed by atoms with van der Waals surface area (Å²) in [5.41, 5.74) is 1.54. The number of halogens is 1. The van der Waals surface area contributed by atoms with E-state index >= 15 is 0 Å². The molecule has 0 radical (unpaired) electrons. The first-order valence-corrected chi connectivity index (χ1v) is 6.14. The van der Waals surface area contributed by atoms with Gasteiger partial charge in [-0.2, -0.15) is 5.26 Å². The van der Waals surface area contributed by atoms with Crippen molar-refractivity contribution in [3.63, 3.8) is 0 Å². The van der Waals surface area contributed by atoms with Gasteiger partial charge in [0.05, 0.1) is 12.5 Å². The SMILES string of the molecule is CC(CC#N)N(C)c1ccc(/C=C/C(=O)O)c(Cl)c1. The summed E-state index contributed by atoms with van der Waals surface area (Å²) in [4.78, 5) is 12.4. The van der Waals surface area contributed by atoms with Gasteiger partial charge in [0, 0.05) is 29.9 Å². The minimum absolute atomic E-state index is 0.0847. The molecule has 1 aromatic rings. The first kappa shape index (κ1) is 15.1. The standard InChI is InChI=1S/C14H15ClN2O2/c1-10(7-8-16)17(2)12-5-3-11(13(15)9-12)4-6-14(18)19/h3-6,9-10H,7H2,1-2H3,(H,18,19)/b6-4+. The Kier molecular flexibility index (Phi) is 5.40. The Bertz CT molecular complexity index is 535. The number of anilines is 1. The van der Waals surface area contributed by atoms with Crippen molar-refractivity contribution in [1.82, 2.24) is 0 Å². The molecule has 5 heteroatoms. The number of benzene rings is 1. The molecule has 1 rings (SSSR count). The van der Waals surface area contributed by atoms with Gasteiger partial charge in [0.2, 0.25) is 0 Å². The molecule has 0 aliphatic heterocycles. The Morgan fingerprint density at radius 1 is 1.63 bits per heavy atom. The largest absolute Gasteiger partial charge is 0.478 e. The smallest absolute Gasteiger partial charge is 0.328 e. The van der Waals surface area contributed by atoms with Crippen molar-refractivity contribution in [3.8, 4) is 6.07 Å². The fourth-order valence-corrected chi connectivity index (χ4v) is 1.79. The highest BCUT2D eigenvalue weighted by atomic mass is 35.5.